The largest absolute Gasteiger partial charge is 0.368 e. The van der Waals surface area contributed by atoms with Crippen LogP contribution in [0.1, 0.15) is 0 Å². The first-order valence-electron chi connectivity index (χ1n) is 3.61. The van der Waals surface area contributed by atoms with Gasteiger partial charge in [0.25, 0.3) is 5.65 Å². The summed E-state index contributed by atoms with van der Waals surface area (Å²) in [7, 11) is 3.84. The van der Waals surface area contributed by atoms with Gasteiger partial charge >= 0.3 is 0 Å². The predicted molar refractivity (Wildman–Crippen MR) is 44.1 cm³/mol. The van der Waals surface area contributed by atoms with Crippen molar-refractivity contribution in [2.24, 2.45) is 14.1 Å². The summed E-state index contributed by atoms with van der Waals surface area (Å²) in [5.74, 6) is 0.476. The summed E-state index contributed by atoms with van der Waals surface area (Å²) in [6, 6.07) is 0. The van der Waals surface area contributed by atoms with Gasteiger partial charge in [0, 0.05) is 0 Å². The van der Waals surface area contributed by atoms with Crippen LogP contribution in [0.15, 0.2) is 12.7 Å². The molecule has 0 amide bonds. The Kier molecular flexibility index (Phi) is 1.27. The Morgan fingerprint density at radius 3 is 2.92 bits per heavy atom. The first-order chi connectivity index (χ1) is 5.70. The van der Waals surface area contributed by atoms with Crippen LogP contribution in [0.2, 0.25) is 0 Å². The van der Waals surface area contributed by atoms with E-state index in [1.54, 1.807) is 12.7 Å². The molecule has 12 heavy (non-hydrogen) atoms. The van der Waals surface area contributed by atoms with Gasteiger partial charge in [0.1, 0.15) is 0 Å². The van der Waals surface area contributed by atoms with Gasteiger partial charge in [0.15, 0.2) is 11.8 Å². The van der Waals surface area contributed by atoms with Crippen LogP contribution in [-0.4, -0.2) is 14.5 Å². The van der Waals surface area contributed by atoms with Crippen LogP contribution in [0, 0.1) is 0 Å². The van der Waals surface area contributed by atoms with Crippen LogP contribution in [-0.2, 0) is 14.1 Å². The summed E-state index contributed by atoms with van der Waals surface area (Å²) >= 11 is 0. The molecule has 2 N–H and O–H groups in total. The molecule has 2 heterocycles. The molecule has 0 spiro atoms. The Balaban J connectivity index is 2.98. The van der Waals surface area contributed by atoms with Crippen LogP contribution < -0.4 is 10.3 Å². The Morgan fingerprint density at radius 1 is 1.50 bits per heavy atom. The number of nitrogens with two attached hydrogens (primary N) is 1. The quantitative estimate of drug-likeness (QED) is 0.528. The summed E-state index contributed by atoms with van der Waals surface area (Å²) in [5, 5.41) is 0. The summed E-state index contributed by atoms with van der Waals surface area (Å²) in [5.41, 5.74) is 7.36. The molecule has 0 saturated heterocycles. The number of nitrogens with zero attached hydrogens (tertiary/aromatic N) is 4. The fourth-order valence-electron chi connectivity index (χ4n) is 1.28. The van der Waals surface area contributed by atoms with Crippen molar-refractivity contribution in [3.05, 3.63) is 12.7 Å². The maximum Gasteiger partial charge on any atom is 0.260 e. The zero-order chi connectivity index (χ0) is 8.72. The fraction of sp³-hybridized carbons (Fsp3) is 0.286. The lowest BCUT2D eigenvalue weighted by Gasteiger charge is -1.94. The molecule has 0 aliphatic carbocycles. The minimum absolute atomic E-state index is 0.476. The lowest BCUT2D eigenvalue weighted by Crippen LogP contribution is -2.31. The Labute approximate surface area is 69.5 Å². The summed E-state index contributed by atoms with van der Waals surface area (Å²) in [6.07, 6.45) is 3.40. The number of fused-ring (bicyclic) bond motifs is 1. The third-order valence-corrected chi connectivity index (χ3v) is 1.85. The number of aromatic nitrogens is 4. The fourth-order valence-corrected chi connectivity index (χ4v) is 1.28. The molecule has 0 unspecified atom stereocenters. The van der Waals surface area contributed by atoms with E-state index in [-0.39, 0.29) is 0 Å². The van der Waals surface area contributed by atoms with Crippen molar-refractivity contribution in [1.29, 1.82) is 0 Å². The second-order valence-corrected chi connectivity index (χ2v) is 2.77. The van der Waals surface area contributed by atoms with Gasteiger partial charge < -0.3 is 5.73 Å². The van der Waals surface area contributed by atoms with E-state index in [0.29, 0.717) is 5.82 Å². The van der Waals surface area contributed by atoms with Crippen LogP contribution in [0.3, 0.4) is 0 Å². The molecule has 2 rings (SSSR count). The van der Waals surface area contributed by atoms with Crippen molar-refractivity contribution < 1.29 is 4.57 Å². The highest BCUT2D eigenvalue weighted by atomic mass is 15.2. The molecule has 0 atom stereocenters. The molecule has 5 nitrogen and oxygen atoms in total. The van der Waals surface area contributed by atoms with Crippen molar-refractivity contribution in [1.82, 2.24) is 14.5 Å². The van der Waals surface area contributed by atoms with Gasteiger partial charge in [0.05, 0.1) is 14.1 Å². The van der Waals surface area contributed by atoms with Crippen molar-refractivity contribution in [3.63, 3.8) is 0 Å². The highest BCUT2D eigenvalue weighted by molar-refractivity contribution is 5.78. The Morgan fingerprint density at radius 2 is 2.25 bits per heavy atom. The van der Waals surface area contributed by atoms with E-state index in [1.165, 1.54) is 0 Å². The number of hydrogen-bond acceptors (Lipinski definition) is 3. The smallest absolute Gasteiger partial charge is 0.260 e. The van der Waals surface area contributed by atoms with Crippen LogP contribution in [0.25, 0.3) is 11.2 Å². The Bertz CT molecular complexity index is 431. The Hall–Kier alpha value is -1.65. The number of anilines is 1. The minimum atomic E-state index is 0.476. The van der Waals surface area contributed by atoms with Gasteiger partial charge in [-0.3, -0.25) is 4.57 Å². The third-order valence-electron chi connectivity index (χ3n) is 1.85. The number of hydrogen-bond donors (Lipinski definition) is 1. The minimum Gasteiger partial charge on any atom is -0.368 e. The van der Waals surface area contributed by atoms with Crippen molar-refractivity contribution >= 4 is 17.0 Å². The molecular weight excluding hydrogens is 154 g/mol. The van der Waals surface area contributed by atoms with E-state index >= 15 is 0 Å². The van der Waals surface area contributed by atoms with Gasteiger partial charge in [-0.1, -0.05) is 4.98 Å². The van der Waals surface area contributed by atoms with Crippen LogP contribution in [0.4, 0.5) is 5.82 Å². The van der Waals surface area contributed by atoms with Gasteiger partial charge in [-0.15, -0.1) is 0 Å². The zero-order valence-electron chi connectivity index (χ0n) is 7.02. The highest BCUT2D eigenvalue weighted by Crippen LogP contribution is 2.10. The van der Waals surface area contributed by atoms with Crippen molar-refractivity contribution in [3.8, 4) is 0 Å². The van der Waals surface area contributed by atoms with Crippen molar-refractivity contribution in [2.45, 2.75) is 0 Å². The van der Waals surface area contributed by atoms with E-state index in [9.17, 15) is 0 Å². The summed E-state index contributed by atoms with van der Waals surface area (Å²) in [6.45, 7) is 0. The summed E-state index contributed by atoms with van der Waals surface area (Å²) < 4.78 is 3.80. The van der Waals surface area contributed by atoms with E-state index in [4.69, 9.17) is 5.73 Å². The van der Waals surface area contributed by atoms with Crippen LogP contribution >= 0.6 is 0 Å². The number of aryl methyl sites for hydroxylation is 2. The molecule has 0 fully saturated rings. The summed E-state index contributed by atoms with van der Waals surface area (Å²) in [4.78, 5) is 8.12. The number of nitrogen functional groups attached to an aromatic ring is 1. The lowest BCUT2D eigenvalue weighted by atomic mass is 10.5. The molecule has 0 saturated carbocycles. The normalized spacial score (nSPS) is 10.8. The molecular formula is C7H10N5+. The molecule has 2 aromatic heterocycles. The standard InChI is InChI=1S/C7H9N5/c1-11-3-9-5-6(8)10-4-12(2)7(5)11/h3-4,8H,1-2H3/p+1. The SMILES string of the molecule is Cn1cnc2c(N)nc[n+](C)c21. The van der Waals surface area contributed by atoms with Gasteiger partial charge in [0.2, 0.25) is 12.1 Å². The molecule has 0 aliphatic heterocycles. The topological polar surface area (TPSA) is 60.6 Å². The molecule has 0 aromatic carbocycles. The number of rotatable bonds is 0. The molecule has 0 aliphatic rings. The van der Waals surface area contributed by atoms with Crippen molar-refractivity contribution in [2.75, 3.05) is 5.73 Å². The van der Waals surface area contributed by atoms with E-state index < -0.39 is 0 Å². The molecule has 0 radical (unpaired) electrons. The maximum absolute atomic E-state index is 5.64. The van der Waals surface area contributed by atoms with E-state index in [2.05, 4.69) is 9.97 Å². The molecule has 0 bridgehead atoms. The highest BCUT2D eigenvalue weighted by Gasteiger charge is 2.13. The number of imidazole rings is 1. The third kappa shape index (κ3) is 0.761. The molecule has 62 valence electrons. The predicted octanol–water partition coefficient (Wildman–Crippen LogP) is -0.625. The molecule has 5 heteroatoms. The second kappa shape index (κ2) is 2.17. The average molecular weight is 164 g/mol. The van der Waals surface area contributed by atoms with Gasteiger partial charge in [-0.25, -0.2) is 9.55 Å². The second-order valence-electron chi connectivity index (χ2n) is 2.77. The maximum atomic E-state index is 5.64. The lowest BCUT2D eigenvalue weighted by molar-refractivity contribution is -0.650. The first kappa shape index (κ1) is 7.02. The van der Waals surface area contributed by atoms with Crippen LogP contribution in [0.5, 0.6) is 0 Å². The monoisotopic (exact) mass is 164 g/mol. The molecule has 2 aromatic rings. The van der Waals surface area contributed by atoms with E-state index in [0.717, 1.165) is 11.2 Å². The first-order valence-corrected chi connectivity index (χ1v) is 3.61. The van der Waals surface area contributed by atoms with Gasteiger partial charge in [-0.05, 0) is 0 Å². The van der Waals surface area contributed by atoms with E-state index in [1.807, 2.05) is 23.2 Å². The average Bonchev–Trinajstić information content (AvgIpc) is 2.42. The van der Waals surface area contributed by atoms with Gasteiger partial charge in [-0.2, -0.15) is 0 Å². The zero-order valence-corrected chi connectivity index (χ0v) is 7.02.